The highest BCUT2D eigenvalue weighted by atomic mass is 32.2. The van der Waals surface area contributed by atoms with Crippen LogP contribution in [0.5, 0.6) is 0 Å². The molecule has 0 fully saturated rings. The molecule has 1 unspecified atom stereocenters. The van der Waals surface area contributed by atoms with Crippen LogP contribution in [0.15, 0.2) is 23.1 Å². The van der Waals surface area contributed by atoms with Crippen LogP contribution in [0.1, 0.15) is 12.5 Å². The Kier molecular flexibility index (Phi) is 4.76. The summed E-state index contributed by atoms with van der Waals surface area (Å²) in [5.41, 5.74) is 2.13. The summed E-state index contributed by atoms with van der Waals surface area (Å²) in [5.74, 6) is 1.28. The number of hydrogen-bond donors (Lipinski definition) is 2. The van der Waals surface area contributed by atoms with Crippen LogP contribution in [0, 0.1) is 5.92 Å². The minimum atomic E-state index is -3.39. The molecule has 0 bridgehead atoms. The lowest BCUT2D eigenvalue weighted by Gasteiger charge is -2.12. The van der Waals surface area contributed by atoms with Crippen LogP contribution < -0.4 is 10.0 Å². The Morgan fingerprint density at radius 3 is 3.00 bits per heavy atom. The van der Waals surface area contributed by atoms with Crippen LogP contribution in [0.25, 0.3) is 0 Å². The Hall–Kier alpha value is -0.720. The lowest BCUT2D eigenvalue weighted by Crippen LogP contribution is -2.29. The second kappa shape index (κ2) is 6.15. The van der Waals surface area contributed by atoms with Crippen LogP contribution >= 0.6 is 11.8 Å². The van der Waals surface area contributed by atoms with Crippen LogP contribution in [0.3, 0.4) is 0 Å². The number of thioether (sulfide) groups is 1. The minimum Gasteiger partial charge on any atom is -0.384 e. The second-order valence-electron chi connectivity index (χ2n) is 4.91. The number of benzene rings is 1. The van der Waals surface area contributed by atoms with Gasteiger partial charge in [0, 0.05) is 18.8 Å². The van der Waals surface area contributed by atoms with Gasteiger partial charge in [0.2, 0.25) is 10.0 Å². The van der Waals surface area contributed by atoms with Crippen LogP contribution in [-0.2, 0) is 16.4 Å². The summed E-state index contributed by atoms with van der Waals surface area (Å²) >= 11 is 1.73. The van der Waals surface area contributed by atoms with Crippen LogP contribution in [0.2, 0.25) is 0 Å². The Labute approximate surface area is 119 Å². The molecule has 0 amide bonds. The average molecular weight is 300 g/mol. The number of nitrogens with one attached hydrogen (secondary N) is 2. The predicted molar refractivity (Wildman–Crippen MR) is 81.4 cm³/mol. The normalized spacial score (nSPS) is 15.9. The Bertz CT molecular complexity index is 544. The number of rotatable bonds is 6. The van der Waals surface area contributed by atoms with Gasteiger partial charge in [0.15, 0.2) is 0 Å². The van der Waals surface area contributed by atoms with Crippen molar-refractivity contribution in [3.05, 3.63) is 23.8 Å². The van der Waals surface area contributed by atoms with E-state index in [-0.39, 0.29) is 0 Å². The highest BCUT2D eigenvalue weighted by Crippen LogP contribution is 2.25. The summed E-state index contributed by atoms with van der Waals surface area (Å²) < 4.78 is 27.1. The minimum absolute atomic E-state index is 0.331. The monoisotopic (exact) mass is 300 g/mol. The molecule has 1 atom stereocenters. The summed E-state index contributed by atoms with van der Waals surface area (Å²) in [6.45, 7) is 3.41. The number of sulfonamides is 1. The summed E-state index contributed by atoms with van der Waals surface area (Å²) in [5, 5.41) is 3.20. The van der Waals surface area contributed by atoms with Crippen molar-refractivity contribution < 1.29 is 8.42 Å². The van der Waals surface area contributed by atoms with Crippen molar-refractivity contribution >= 4 is 27.5 Å². The molecule has 1 aliphatic heterocycles. The summed E-state index contributed by atoms with van der Waals surface area (Å²) in [4.78, 5) is 0.344. The van der Waals surface area contributed by atoms with E-state index in [4.69, 9.17) is 0 Å². The largest absolute Gasteiger partial charge is 0.384 e. The van der Waals surface area contributed by atoms with Crippen molar-refractivity contribution in [1.29, 1.82) is 0 Å². The number of hydrogen-bond acceptors (Lipinski definition) is 4. The zero-order valence-corrected chi connectivity index (χ0v) is 12.9. The summed E-state index contributed by atoms with van der Waals surface area (Å²) in [7, 11) is -3.39. The number of fused-ring (bicyclic) bond motifs is 1. The van der Waals surface area contributed by atoms with Gasteiger partial charge in [0.25, 0.3) is 0 Å². The molecule has 0 saturated heterocycles. The van der Waals surface area contributed by atoms with E-state index in [1.807, 2.05) is 19.2 Å². The molecule has 1 heterocycles. The van der Waals surface area contributed by atoms with E-state index in [1.165, 1.54) is 5.56 Å². The summed E-state index contributed by atoms with van der Waals surface area (Å²) in [6, 6.07) is 5.31. The number of anilines is 1. The molecule has 2 rings (SSSR count). The molecule has 0 aromatic heterocycles. The fourth-order valence-electron chi connectivity index (χ4n) is 2.12. The maximum absolute atomic E-state index is 12.2. The van der Waals surface area contributed by atoms with E-state index in [2.05, 4.69) is 10.0 Å². The third kappa shape index (κ3) is 3.64. The fourth-order valence-corrected chi connectivity index (χ4v) is 3.99. The first-order valence-electron chi connectivity index (χ1n) is 6.38. The zero-order valence-electron chi connectivity index (χ0n) is 11.3. The van der Waals surface area contributed by atoms with Crippen molar-refractivity contribution in [3.8, 4) is 0 Å². The van der Waals surface area contributed by atoms with Gasteiger partial charge in [-0.3, -0.25) is 0 Å². The third-order valence-electron chi connectivity index (χ3n) is 3.17. The highest BCUT2D eigenvalue weighted by Gasteiger charge is 2.18. The lowest BCUT2D eigenvalue weighted by molar-refractivity contribution is 0.562. The molecule has 1 aliphatic rings. The topological polar surface area (TPSA) is 58.2 Å². The van der Waals surface area contributed by atoms with Gasteiger partial charge in [-0.05, 0) is 42.0 Å². The molecule has 1 aromatic carbocycles. The molecule has 6 heteroatoms. The van der Waals surface area contributed by atoms with E-state index in [9.17, 15) is 8.42 Å². The van der Waals surface area contributed by atoms with Gasteiger partial charge < -0.3 is 5.32 Å². The van der Waals surface area contributed by atoms with Gasteiger partial charge in [0.1, 0.15) is 0 Å². The highest BCUT2D eigenvalue weighted by molar-refractivity contribution is 7.98. The van der Waals surface area contributed by atoms with Crippen molar-refractivity contribution in [2.45, 2.75) is 18.2 Å². The SMILES string of the molecule is CSCC(C)CNS(=O)(=O)c1ccc2c(c1)NCC2. The van der Waals surface area contributed by atoms with Gasteiger partial charge in [-0.2, -0.15) is 11.8 Å². The van der Waals surface area contributed by atoms with Crippen molar-refractivity contribution in [1.82, 2.24) is 4.72 Å². The van der Waals surface area contributed by atoms with E-state index in [0.717, 1.165) is 24.4 Å². The quantitative estimate of drug-likeness (QED) is 0.843. The second-order valence-corrected chi connectivity index (χ2v) is 7.59. The Balaban J connectivity index is 2.07. The molecular weight excluding hydrogens is 280 g/mol. The zero-order chi connectivity index (χ0) is 13.9. The van der Waals surface area contributed by atoms with E-state index >= 15 is 0 Å². The molecule has 2 N–H and O–H groups in total. The third-order valence-corrected chi connectivity index (χ3v) is 5.50. The van der Waals surface area contributed by atoms with Crippen LogP contribution in [0.4, 0.5) is 5.69 Å². The van der Waals surface area contributed by atoms with Crippen molar-refractivity contribution in [2.75, 3.05) is 30.4 Å². The smallest absolute Gasteiger partial charge is 0.240 e. The molecule has 106 valence electrons. The van der Waals surface area contributed by atoms with Gasteiger partial charge in [-0.1, -0.05) is 13.0 Å². The standard InChI is InChI=1S/C13H20N2O2S2/c1-10(9-18-2)8-15-19(16,17)12-4-3-11-5-6-14-13(11)7-12/h3-4,7,10,14-15H,5-6,8-9H2,1-2H3. The van der Waals surface area contributed by atoms with Gasteiger partial charge in [-0.25, -0.2) is 13.1 Å². The molecule has 4 nitrogen and oxygen atoms in total. The van der Waals surface area contributed by atoms with Crippen molar-refractivity contribution in [3.63, 3.8) is 0 Å². The Morgan fingerprint density at radius 1 is 1.47 bits per heavy atom. The molecule has 19 heavy (non-hydrogen) atoms. The van der Waals surface area contributed by atoms with Gasteiger partial charge >= 0.3 is 0 Å². The van der Waals surface area contributed by atoms with Crippen molar-refractivity contribution in [2.24, 2.45) is 5.92 Å². The average Bonchev–Trinajstić information content (AvgIpc) is 2.84. The molecule has 0 radical (unpaired) electrons. The fraction of sp³-hybridized carbons (Fsp3) is 0.538. The first kappa shape index (κ1) is 14.7. The molecule has 0 aliphatic carbocycles. The molecule has 0 saturated carbocycles. The first-order valence-corrected chi connectivity index (χ1v) is 9.26. The predicted octanol–water partition coefficient (Wildman–Crippen LogP) is 1.93. The van der Waals surface area contributed by atoms with E-state index < -0.39 is 10.0 Å². The maximum Gasteiger partial charge on any atom is 0.240 e. The Morgan fingerprint density at radius 2 is 2.26 bits per heavy atom. The summed E-state index contributed by atoms with van der Waals surface area (Å²) in [6.07, 6.45) is 2.99. The molecule has 0 spiro atoms. The van der Waals surface area contributed by atoms with E-state index in [1.54, 1.807) is 23.9 Å². The molecular formula is C13H20N2O2S2. The van der Waals surface area contributed by atoms with E-state index in [0.29, 0.717) is 17.4 Å². The van der Waals surface area contributed by atoms with Gasteiger partial charge in [0.05, 0.1) is 4.90 Å². The molecule has 1 aromatic rings. The first-order chi connectivity index (χ1) is 9.03. The van der Waals surface area contributed by atoms with Gasteiger partial charge in [-0.15, -0.1) is 0 Å². The lowest BCUT2D eigenvalue weighted by atomic mass is 10.2. The van der Waals surface area contributed by atoms with Crippen LogP contribution in [-0.4, -0.2) is 33.5 Å². The maximum atomic E-state index is 12.2.